The first kappa shape index (κ1) is 10.1. The van der Waals surface area contributed by atoms with Gasteiger partial charge < -0.3 is 5.32 Å². The average Bonchev–Trinajstić information content (AvgIpc) is 2.64. The number of pyridine rings is 1. The first-order valence-electron chi connectivity index (χ1n) is 5.42. The minimum absolute atomic E-state index is 0.0382. The van der Waals surface area contributed by atoms with Gasteiger partial charge >= 0.3 is 0 Å². The Balaban J connectivity index is 2.28. The molecule has 0 aliphatic carbocycles. The average molecular weight is 204 g/mol. The van der Waals surface area contributed by atoms with Crippen LogP contribution in [0.2, 0.25) is 0 Å². The zero-order valence-electron chi connectivity index (χ0n) is 9.16. The van der Waals surface area contributed by atoms with Gasteiger partial charge in [-0.25, -0.2) is 0 Å². The summed E-state index contributed by atoms with van der Waals surface area (Å²) in [4.78, 5) is 15.8. The van der Waals surface area contributed by atoms with Gasteiger partial charge in [-0.2, -0.15) is 0 Å². The quantitative estimate of drug-likeness (QED) is 0.798. The lowest BCUT2D eigenvalue weighted by atomic mass is 9.98. The third-order valence-electron chi connectivity index (χ3n) is 2.88. The van der Waals surface area contributed by atoms with Gasteiger partial charge in [0.2, 0.25) is 5.91 Å². The van der Waals surface area contributed by atoms with E-state index < -0.39 is 0 Å². The first-order chi connectivity index (χ1) is 7.18. The molecule has 1 aliphatic rings. The van der Waals surface area contributed by atoms with Crippen LogP contribution in [0, 0.1) is 0 Å². The number of hydrogen-bond acceptors (Lipinski definition) is 2. The number of hydrogen-bond donors (Lipinski definition) is 1. The summed E-state index contributed by atoms with van der Waals surface area (Å²) < 4.78 is 0. The lowest BCUT2D eigenvalue weighted by molar-refractivity contribution is -0.120. The highest BCUT2D eigenvalue weighted by Crippen LogP contribution is 2.24. The van der Waals surface area contributed by atoms with E-state index in [1.807, 2.05) is 6.07 Å². The Kier molecular flexibility index (Phi) is 2.71. The summed E-state index contributed by atoms with van der Waals surface area (Å²) in [5, 5.41) is 2.84. The van der Waals surface area contributed by atoms with Gasteiger partial charge in [-0.1, -0.05) is 13.8 Å². The molecule has 0 aromatic carbocycles. The fraction of sp³-hybridized carbons (Fsp3) is 0.500. The SMILES string of the molecule is CC(C)c1ccnc(C2CCNC2=O)c1. The number of nitrogens with zero attached hydrogens (tertiary/aromatic N) is 1. The van der Waals surface area contributed by atoms with Gasteiger partial charge in [0.25, 0.3) is 0 Å². The first-order valence-corrected chi connectivity index (χ1v) is 5.42. The van der Waals surface area contributed by atoms with Crippen molar-refractivity contribution in [2.24, 2.45) is 0 Å². The number of rotatable bonds is 2. The van der Waals surface area contributed by atoms with Gasteiger partial charge in [-0.05, 0) is 30.0 Å². The zero-order chi connectivity index (χ0) is 10.8. The monoisotopic (exact) mass is 204 g/mol. The van der Waals surface area contributed by atoms with Crippen LogP contribution in [0.3, 0.4) is 0 Å². The molecule has 1 aliphatic heterocycles. The van der Waals surface area contributed by atoms with E-state index in [4.69, 9.17) is 0 Å². The van der Waals surface area contributed by atoms with E-state index in [-0.39, 0.29) is 11.8 Å². The number of aromatic nitrogens is 1. The second kappa shape index (κ2) is 4.01. The molecule has 1 atom stereocenters. The van der Waals surface area contributed by atoms with Gasteiger partial charge in [0.15, 0.2) is 0 Å². The highest BCUT2D eigenvalue weighted by molar-refractivity contribution is 5.85. The molecule has 1 aromatic rings. The van der Waals surface area contributed by atoms with Gasteiger partial charge in [0, 0.05) is 12.7 Å². The summed E-state index contributed by atoms with van der Waals surface area (Å²) in [5.41, 5.74) is 2.16. The Morgan fingerprint density at radius 2 is 2.33 bits per heavy atom. The van der Waals surface area contributed by atoms with Gasteiger partial charge in [-0.3, -0.25) is 9.78 Å². The molecule has 15 heavy (non-hydrogen) atoms. The molecule has 0 bridgehead atoms. The smallest absolute Gasteiger partial charge is 0.229 e. The van der Waals surface area contributed by atoms with Crippen molar-refractivity contribution in [3.8, 4) is 0 Å². The van der Waals surface area contributed by atoms with E-state index in [1.54, 1.807) is 6.20 Å². The van der Waals surface area contributed by atoms with Crippen molar-refractivity contribution in [3.63, 3.8) is 0 Å². The molecule has 0 saturated carbocycles. The third kappa shape index (κ3) is 2.01. The predicted octanol–water partition coefficient (Wildman–Crippen LogP) is 1.81. The van der Waals surface area contributed by atoms with Crippen molar-refractivity contribution in [2.45, 2.75) is 32.1 Å². The lowest BCUT2D eigenvalue weighted by Crippen LogP contribution is -2.18. The lowest BCUT2D eigenvalue weighted by Gasteiger charge is -2.10. The molecule has 1 saturated heterocycles. The molecule has 3 heteroatoms. The Morgan fingerprint density at radius 3 is 2.93 bits per heavy atom. The number of amides is 1. The maximum Gasteiger partial charge on any atom is 0.229 e. The minimum atomic E-state index is -0.0382. The molecular formula is C12H16N2O. The van der Waals surface area contributed by atoms with Gasteiger partial charge in [-0.15, -0.1) is 0 Å². The zero-order valence-corrected chi connectivity index (χ0v) is 9.16. The van der Waals surface area contributed by atoms with Crippen LogP contribution < -0.4 is 5.32 Å². The van der Waals surface area contributed by atoms with Gasteiger partial charge in [0.1, 0.15) is 0 Å². The normalized spacial score (nSPS) is 20.7. The summed E-state index contributed by atoms with van der Waals surface area (Å²) in [7, 11) is 0. The van der Waals surface area contributed by atoms with Crippen molar-refractivity contribution in [1.29, 1.82) is 0 Å². The summed E-state index contributed by atoms with van der Waals surface area (Å²) in [5.74, 6) is 0.559. The number of carbonyl (C=O) groups excluding carboxylic acids is 1. The molecule has 1 aromatic heterocycles. The van der Waals surface area contributed by atoms with E-state index in [1.165, 1.54) is 5.56 Å². The Bertz CT molecular complexity index is 374. The summed E-state index contributed by atoms with van der Waals surface area (Å²) in [6.07, 6.45) is 2.67. The maximum atomic E-state index is 11.5. The van der Waals surface area contributed by atoms with Crippen LogP contribution in [0.4, 0.5) is 0 Å². The Labute approximate surface area is 89.9 Å². The van der Waals surface area contributed by atoms with E-state index >= 15 is 0 Å². The molecule has 0 spiro atoms. The maximum absolute atomic E-state index is 11.5. The summed E-state index contributed by atoms with van der Waals surface area (Å²) in [6, 6.07) is 4.07. The van der Waals surface area contributed by atoms with E-state index in [2.05, 4.69) is 30.2 Å². The molecular weight excluding hydrogens is 188 g/mol. The molecule has 1 N–H and O–H groups in total. The summed E-state index contributed by atoms with van der Waals surface area (Å²) in [6.45, 7) is 5.07. The molecule has 2 heterocycles. The molecule has 80 valence electrons. The van der Waals surface area contributed by atoms with Crippen LogP contribution >= 0.6 is 0 Å². The second-order valence-electron chi connectivity index (χ2n) is 4.30. The highest BCUT2D eigenvalue weighted by atomic mass is 16.2. The van der Waals surface area contributed by atoms with Crippen LogP contribution in [0.5, 0.6) is 0 Å². The van der Waals surface area contributed by atoms with E-state index in [0.717, 1.165) is 18.7 Å². The molecule has 1 amide bonds. The van der Waals surface area contributed by atoms with E-state index in [9.17, 15) is 4.79 Å². The number of nitrogens with one attached hydrogen (secondary N) is 1. The molecule has 1 fully saturated rings. The Hall–Kier alpha value is -1.38. The van der Waals surface area contributed by atoms with Crippen LogP contribution in [0.1, 0.15) is 43.4 Å². The third-order valence-corrected chi connectivity index (χ3v) is 2.88. The largest absolute Gasteiger partial charge is 0.355 e. The molecule has 2 rings (SSSR count). The fourth-order valence-corrected chi connectivity index (χ4v) is 1.89. The van der Waals surface area contributed by atoms with Crippen LogP contribution in [-0.2, 0) is 4.79 Å². The van der Waals surface area contributed by atoms with E-state index in [0.29, 0.717) is 5.92 Å². The van der Waals surface area contributed by atoms with Gasteiger partial charge in [0.05, 0.1) is 11.6 Å². The van der Waals surface area contributed by atoms with Crippen LogP contribution in [0.25, 0.3) is 0 Å². The van der Waals surface area contributed by atoms with Crippen molar-refractivity contribution < 1.29 is 4.79 Å². The standard InChI is InChI=1S/C12H16N2O/c1-8(2)9-3-5-13-11(7-9)10-4-6-14-12(10)15/h3,5,7-8,10H,4,6H2,1-2H3,(H,14,15). The van der Waals surface area contributed by atoms with Crippen molar-refractivity contribution in [2.75, 3.05) is 6.54 Å². The second-order valence-corrected chi connectivity index (χ2v) is 4.30. The molecule has 1 unspecified atom stereocenters. The fourth-order valence-electron chi connectivity index (χ4n) is 1.89. The van der Waals surface area contributed by atoms with Crippen molar-refractivity contribution >= 4 is 5.91 Å². The Morgan fingerprint density at radius 1 is 1.53 bits per heavy atom. The van der Waals surface area contributed by atoms with Crippen LogP contribution in [0.15, 0.2) is 18.3 Å². The highest BCUT2D eigenvalue weighted by Gasteiger charge is 2.26. The summed E-state index contributed by atoms with van der Waals surface area (Å²) >= 11 is 0. The van der Waals surface area contributed by atoms with Crippen LogP contribution in [-0.4, -0.2) is 17.4 Å². The molecule has 0 radical (unpaired) electrons. The minimum Gasteiger partial charge on any atom is -0.355 e. The van der Waals surface area contributed by atoms with Crippen molar-refractivity contribution in [3.05, 3.63) is 29.6 Å². The number of carbonyl (C=O) groups is 1. The molecule has 3 nitrogen and oxygen atoms in total. The topological polar surface area (TPSA) is 42.0 Å². The van der Waals surface area contributed by atoms with Crippen molar-refractivity contribution in [1.82, 2.24) is 10.3 Å². The predicted molar refractivity (Wildman–Crippen MR) is 58.7 cm³/mol.